The molecule has 0 amide bonds. The van der Waals surface area contributed by atoms with E-state index >= 15 is 0 Å². The number of thiophene rings is 1. The molecule has 1 atom stereocenters. The highest BCUT2D eigenvalue weighted by molar-refractivity contribution is 7.18. The van der Waals surface area contributed by atoms with Crippen molar-refractivity contribution in [2.45, 2.75) is 53.5 Å². The predicted octanol–water partition coefficient (Wildman–Crippen LogP) is 3.78. The SMILES string of the molecule is CCc1nc(NC(CC(C)C)C(=O)O)c2c(C)c(C)sc2n1. The van der Waals surface area contributed by atoms with E-state index in [0.29, 0.717) is 18.2 Å². The first-order valence-electron chi connectivity index (χ1n) is 7.59. The zero-order chi connectivity index (χ0) is 16.4. The zero-order valence-electron chi connectivity index (χ0n) is 13.7. The number of anilines is 1. The number of aryl methyl sites for hydroxylation is 3. The van der Waals surface area contributed by atoms with E-state index in [4.69, 9.17) is 0 Å². The standard InChI is InChI=1S/C16H23N3O2S/c1-6-12-18-14(17-11(16(20)21)7-8(2)3)13-9(4)10(5)22-15(13)19-12/h8,11H,6-7H2,1-5H3,(H,20,21)(H,17,18,19). The Balaban J connectivity index is 2.50. The molecule has 0 saturated carbocycles. The van der Waals surface area contributed by atoms with Gasteiger partial charge >= 0.3 is 5.97 Å². The monoisotopic (exact) mass is 321 g/mol. The van der Waals surface area contributed by atoms with Gasteiger partial charge in [-0.2, -0.15) is 0 Å². The van der Waals surface area contributed by atoms with Crippen LogP contribution in [0.2, 0.25) is 0 Å². The lowest BCUT2D eigenvalue weighted by molar-refractivity contribution is -0.138. The zero-order valence-corrected chi connectivity index (χ0v) is 14.5. The molecule has 6 heteroatoms. The third kappa shape index (κ3) is 3.38. The molecule has 0 spiro atoms. The number of hydrogen-bond donors (Lipinski definition) is 2. The van der Waals surface area contributed by atoms with Crippen molar-refractivity contribution in [2.24, 2.45) is 5.92 Å². The highest BCUT2D eigenvalue weighted by Crippen LogP contribution is 2.33. The lowest BCUT2D eigenvalue weighted by Gasteiger charge is -2.18. The van der Waals surface area contributed by atoms with E-state index in [-0.39, 0.29) is 0 Å². The van der Waals surface area contributed by atoms with Crippen LogP contribution < -0.4 is 5.32 Å². The van der Waals surface area contributed by atoms with Crippen molar-refractivity contribution in [3.63, 3.8) is 0 Å². The van der Waals surface area contributed by atoms with Crippen LogP contribution in [0.25, 0.3) is 10.2 Å². The number of nitrogens with zero attached hydrogens (tertiary/aromatic N) is 2. The van der Waals surface area contributed by atoms with Crippen molar-refractivity contribution in [1.29, 1.82) is 0 Å². The van der Waals surface area contributed by atoms with Gasteiger partial charge in [0.15, 0.2) is 0 Å². The molecule has 0 aliphatic heterocycles. The first-order valence-corrected chi connectivity index (χ1v) is 8.41. The number of carboxylic acid groups (broad SMARTS) is 1. The maximum Gasteiger partial charge on any atom is 0.326 e. The number of fused-ring (bicyclic) bond motifs is 1. The topological polar surface area (TPSA) is 75.1 Å². The molecule has 2 heterocycles. The number of aromatic nitrogens is 2. The fraction of sp³-hybridized carbons (Fsp3) is 0.562. The van der Waals surface area contributed by atoms with E-state index < -0.39 is 12.0 Å². The second kappa shape index (κ2) is 6.60. The summed E-state index contributed by atoms with van der Waals surface area (Å²) in [6.07, 6.45) is 1.28. The summed E-state index contributed by atoms with van der Waals surface area (Å²) in [6.45, 7) is 10.1. The van der Waals surface area contributed by atoms with E-state index in [2.05, 4.69) is 22.2 Å². The summed E-state index contributed by atoms with van der Waals surface area (Å²) < 4.78 is 0. The van der Waals surface area contributed by atoms with Gasteiger partial charge in [-0.1, -0.05) is 20.8 Å². The molecule has 2 rings (SSSR count). The Morgan fingerprint density at radius 3 is 2.55 bits per heavy atom. The van der Waals surface area contributed by atoms with Crippen LogP contribution in [0.4, 0.5) is 5.82 Å². The van der Waals surface area contributed by atoms with Crippen LogP contribution in [-0.2, 0) is 11.2 Å². The fourth-order valence-corrected chi connectivity index (χ4v) is 3.46. The van der Waals surface area contributed by atoms with Gasteiger partial charge in [0.2, 0.25) is 0 Å². The molecule has 0 saturated heterocycles. The van der Waals surface area contributed by atoms with Gasteiger partial charge in [0, 0.05) is 11.3 Å². The first kappa shape index (κ1) is 16.7. The molecule has 0 aliphatic carbocycles. The molecule has 22 heavy (non-hydrogen) atoms. The summed E-state index contributed by atoms with van der Waals surface area (Å²) in [4.78, 5) is 22.7. The summed E-state index contributed by atoms with van der Waals surface area (Å²) in [5.74, 6) is 0.840. The molecule has 2 aromatic heterocycles. The van der Waals surface area contributed by atoms with Gasteiger partial charge in [0.25, 0.3) is 0 Å². The van der Waals surface area contributed by atoms with Crippen molar-refractivity contribution < 1.29 is 9.90 Å². The maximum atomic E-state index is 11.5. The van der Waals surface area contributed by atoms with Gasteiger partial charge in [-0.25, -0.2) is 14.8 Å². The average molecular weight is 321 g/mol. The molecule has 5 nitrogen and oxygen atoms in total. The predicted molar refractivity (Wildman–Crippen MR) is 90.8 cm³/mol. The van der Waals surface area contributed by atoms with Crippen LogP contribution in [0.1, 0.15) is 43.5 Å². The van der Waals surface area contributed by atoms with Crippen LogP contribution >= 0.6 is 11.3 Å². The Kier molecular flexibility index (Phi) is 5.01. The lowest BCUT2D eigenvalue weighted by Crippen LogP contribution is -2.31. The van der Waals surface area contributed by atoms with Gasteiger partial charge in [-0.05, 0) is 31.7 Å². The van der Waals surface area contributed by atoms with E-state index in [1.54, 1.807) is 11.3 Å². The van der Waals surface area contributed by atoms with Crippen molar-refractivity contribution in [3.8, 4) is 0 Å². The molecule has 0 fully saturated rings. The van der Waals surface area contributed by atoms with E-state index in [0.717, 1.165) is 28.0 Å². The fourth-order valence-electron chi connectivity index (χ4n) is 2.41. The summed E-state index contributed by atoms with van der Waals surface area (Å²) in [6, 6.07) is -0.637. The Labute approximate surface area is 134 Å². The van der Waals surface area contributed by atoms with Gasteiger partial charge in [0.05, 0.1) is 5.39 Å². The lowest BCUT2D eigenvalue weighted by atomic mass is 10.0. The summed E-state index contributed by atoms with van der Waals surface area (Å²) in [7, 11) is 0. The Morgan fingerprint density at radius 2 is 2.00 bits per heavy atom. The van der Waals surface area contributed by atoms with Gasteiger partial charge in [-0.15, -0.1) is 11.3 Å². The first-order chi connectivity index (χ1) is 10.3. The van der Waals surface area contributed by atoms with Crippen molar-refractivity contribution in [2.75, 3.05) is 5.32 Å². The number of carboxylic acids is 1. The third-order valence-electron chi connectivity index (χ3n) is 3.71. The number of nitrogens with one attached hydrogen (secondary N) is 1. The number of rotatable bonds is 6. The normalized spacial score (nSPS) is 12.8. The molecule has 0 aromatic carbocycles. The minimum absolute atomic E-state index is 0.293. The Bertz CT molecular complexity index is 694. The highest BCUT2D eigenvalue weighted by atomic mass is 32.1. The Hall–Kier alpha value is -1.69. The summed E-state index contributed by atoms with van der Waals surface area (Å²) in [5, 5.41) is 13.5. The quantitative estimate of drug-likeness (QED) is 0.847. The van der Waals surface area contributed by atoms with Crippen molar-refractivity contribution >= 4 is 33.3 Å². The molecule has 0 aliphatic rings. The van der Waals surface area contributed by atoms with Gasteiger partial charge in [0.1, 0.15) is 22.5 Å². The second-order valence-corrected chi connectivity index (χ2v) is 7.17. The van der Waals surface area contributed by atoms with Crippen LogP contribution in [0, 0.1) is 19.8 Å². The third-order valence-corrected chi connectivity index (χ3v) is 4.81. The van der Waals surface area contributed by atoms with Crippen molar-refractivity contribution in [1.82, 2.24) is 9.97 Å². The van der Waals surface area contributed by atoms with Crippen LogP contribution in [0.5, 0.6) is 0 Å². The number of aliphatic carboxylic acids is 1. The van der Waals surface area contributed by atoms with E-state index in [9.17, 15) is 9.90 Å². The van der Waals surface area contributed by atoms with Crippen LogP contribution in [0.15, 0.2) is 0 Å². The van der Waals surface area contributed by atoms with Crippen molar-refractivity contribution in [3.05, 3.63) is 16.3 Å². The number of hydrogen-bond acceptors (Lipinski definition) is 5. The summed E-state index contributed by atoms with van der Waals surface area (Å²) >= 11 is 1.63. The highest BCUT2D eigenvalue weighted by Gasteiger charge is 2.22. The molecule has 2 N–H and O–H groups in total. The Morgan fingerprint density at radius 1 is 1.32 bits per heavy atom. The van der Waals surface area contributed by atoms with Crippen LogP contribution in [-0.4, -0.2) is 27.1 Å². The molecular formula is C16H23N3O2S. The van der Waals surface area contributed by atoms with E-state index in [1.165, 1.54) is 4.88 Å². The molecule has 2 aromatic rings. The largest absolute Gasteiger partial charge is 0.480 e. The number of carbonyl (C=O) groups is 1. The smallest absolute Gasteiger partial charge is 0.326 e. The molecule has 0 bridgehead atoms. The maximum absolute atomic E-state index is 11.5. The summed E-state index contributed by atoms with van der Waals surface area (Å²) in [5.41, 5.74) is 1.12. The molecule has 1 unspecified atom stereocenters. The minimum Gasteiger partial charge on any atom is -0.480 e. The average Bonchev–Trinajstić information content (AvgIpc) is 2.72. The van der Waals surface area contributed by atoms with Gasteiger partial charge < -0.3 is 10.4 Å². The van der Waals surface area contributed by atoms with Gasteiger partial charge in [-0.3, -0.25) is 0 Å². The molecular weight excluding hydrogens is 298 g/mol. The second-order valence-electron chi connectivity index (χ2n) is 5.97. The van der Waals surface area contributed by atoms with E-state index in [1.807, 2.05) is 27.7 Å². The molecule has 0 radical (unpaired) electrons. The molecule has 120 valence electrons. The van der Waals surface area contributed by atoms with Crippen LogP contribution in [0.3, 0.4) is 0 Å². The minimum atomic E-state index is -0.844.